The van der Waals surface area contributed by atoms with E-state index in [0.717, 1.165) is 0 Å². The first-order valence-corrected chi connectivity index (χ1v) is 15.5. The minimum Gasteiger partial charge on any atom is -0.464 e. The monoisotopic (exact) mass is 610 g/mol. The number of aromatic amines is 1. The van der Waals surface area contributed by atoms with Gasteiger partial charge in [-0.3, -0.25) is 19.1 Å². The van der Waals surface area contributed by atoms with Crippen molar-refractivity contribution in [3.8, 4) is 5.75 Å². The number of nitrogens with zero attached hydrogens (tertiary/aromatic N) is 3. The van der Waals surface area contributed by atoms with Crippen LogP contribution < -0.4 is 20.9 Å². The molecule has 1 unspecified atom stereocenters. The van der Waals surface area contributed by atoms with Crippen LogP contribution in [0.3, 0.4) is 0 Å². The topological polar surface area (TPSA) is 196 Å². The molecule has 0 aliphatic carbocycles. The first-order chi connectivity index (χ1) is 19.1. The number of nitrogen functional groups attached to an aromatic ring is 1. The van der Waals surface area contributed by atoms with Gasteiger partial charge in [0.25, 0.3) is 5.56 Å². The third-order valence-corrected chi connectivity index (χ3v) is 8.69. The van der Waals surface area contributed by atoms with Gasteiger partial charge in [-0.15, -0.1) is 0 Å². The first kappa shape index (κ1) is 31.0. The van der Waals surface area contributed by atoms with Crippen molar-refractivity contribution in [2.75, 3.05) is 18.9 Å². The van der Waals surface area contributed by atoms with Gasteiger partial charge in [-0.1, -0.05) is 39.0 Å². The SMILES string of the molecule is C[C@H](NP(=S)(OC[C@H]1O[C@@H](n2cnc3c(=O)[nH]c(N)nc32)[C@](C)(O)[C@@H]1O)Oc1ccccc1)C(=O)OCC(C)(C)C. The number of aromatic nitrogens is 4. The number of aliphatic hydroxyl groups is 2. The number of nitrogens with one attached hydrogen (secondary N) is 2. The molecule has 0 amide bonds. The van der Waals surface area contributed by atoms with Crippen molar-refractivity contribution < 1.29 is 33.5 Å². The Bertz CT molecular complexity index is 1490. The Hall–Kier alpha value is -2.91. The van der Waals surface area contributed by atoms with Crippen LogP contribution in [-0.4, -0.2) is 72.8 Å². The third kappa shape index (κ3) is 7.12. The van der Waals surface area contributed by atoms with Crippen LogP contribution in [0, 0.1) is 5.41 Å². The van der Waals surface area contributed by atoms with E-state index in [0.29, 0.717) is 5.75 Å². The lowest BCUT2D eigenvalue weighted by molar-refractivity contribution is -0.148. The molecule has 6 atom stereocenters. The first-order valence-electron chi connectivity index (χ1n) is 12.8. The minimum atomic E-state index is -3.45. The highest BCUT2D eigenvalue weighted by Crippen LogP contribution is 2.47. The van der Waals surface area contributed by atoms with Gasteiger partial charge in [-0.25, -0.2) is 10.1 Å². The predicted octanol–water partition coefficient (Wildman–Crippen LogP) is 1.60. The molecule has 3 aromatic rings. The molecule has 1 aliphatic rings. The molecular formula is C25H35N6O8PS. The average Bonchev–Trinajstić information content (AvgIpc) is 3.39. The van der Waals surface area contributed by atoms with Crippen LogP contribution in [0.2, 0.25) is 0 Å². The summed E-state index contributed by atoms with van der Waals surface area (Å²) in [7, 11) is 0. The summed E-state index contributed by atoms with van der Waals surface area (Å²) >= 11 is 5.74. The molecule has 0 spiro atoms. The highest BCUT2D eigenvalue weighted by Gasteiger charge is 2.54. The van der Waals surface area contributed by atoms with Crippen LogP contribution in [0.15, 0.2) is 41.5 Å². The van der Waals surface area contributed by atoms with Crippen LogP contribution in [0.1, 0.15) is 40.8 Å². The summed E-state index contributed by atoms with van der Waals surface area (Å²) in [6, 6.07) is 7.79. The second-order valence-corrected chi connectivity index (χ2v) is 14.3. The quantitative estimate of drug-likeness (QED) is 0.164. The molecule has 0 saturated carbocycles. The fraction of sp³-hybridized carbons (Fsp3) is 0.520. The van der Waals surface area contributed by atoms with E-state index >= 15 is 0 Å². The van der Waals surface area contributed by atoms with E-state index in [2.05, 4.69) is 20.0 Å². The molecule has 1 aromatic carbocycles. The normalized spacial score (nSPS) is 25.1. The van der Waals surface area contributed by atoms with E-state index < -0.39 is 48.2 Å². The number of carbonyl (C=O) groups is 1. The van der Waals surface area contributed by atoms with Crippen molar-refractivity contribution in [2.24, 2.45) is 5.41 Å². The standard InChI is InChI=1S/C25H35N6O8PS/c1-14(21(34)36-12-24(2,3)4)30-40(41,39-15-9-7-6-8-10-15)37-11-16-18(32)25(5,35)22(38-16)31-13-27-17-19(31)28-23(26)29-20(17)33/h6-10,13-14,16,18,22,32,35H,11-12H2,1-5H3,(H,30,41)(H3,26,28,29,33)/t14-,16+,18+,22+,25+,40?/m0/s1. The lowest BCUT2D eigenvalue weighted by atomic mass is 9.96. The van der Waals surface area contributed by atoms with Crippen molar-refractivity contribution >= 4 is 41.5 Å². The highest BCUT2D eigenvalue weighted by molar-refractivity contribution is 8.09. The van der Waals surface area contributed by atoms with Crippen molar-refractivity contribution in [1.82, 2.24) is 24.6 Å². The van der Waals surface area contributed by atoms with Crippen molar-refractivity contribution in [1.29, 1.82) is 0 Å². The fourth-order valence-electron chi connectivity index (χ4n) is 4.08. The average molecular weight is 611 g/mol. The summed E-state index contributed by atoms with van der Waals surface area (Å²) in [5.74, 6) is -0.291. The van der Waals surface area contributed by atoms with Crippen LogP contribution in [-0.2, 0) is 30.6 Å². The van der Waals surface area contributed by atoms with Gasteiger partial charge in [0.05, 0.1) is 19.5 Å². The molecule has 41 heavy (non-hydrogen) atoms. The zero-order valence-electron chi connectivity index (χ0n) is 23.3. The third-order valence-electron chi connectivity index (χ3n) is 6.19. The molecule has 2 aromatic heterocycles. The lowest BCUT2D eigenvalue weighted by Crippen LogP contribution is -2.44. The van der Waals surface area contributed by atoms with E-state index in [1.165, 1.54) is 17.8 Å². The number of H-pyrrole nitrogens is 1. The van der Waals surface area contributed by atoms with Gasteiger partial charge in [-0.05, 0) is 43.2 Å². The molecule has 1 saturated heterocycles. The number of hydrogen-bond acceptors (Lipinski definition) is 12. The summed E-state index contributed by atoms with van der Waals surface area (Å²) in [6.45, 7) is 5.20. The fourth-order valence-corrected chi connectivity index (χ4v) is 6.49. The number of aliphatic hydroxyl groups excluding tert-OH is 1. The molecular weight excluding hydrogens is 575 g/mol. The number of fused-ring (bicyclic) bond motifs is 1. The number of imidazole rings is 1. The molecule has 4 rings (SSSR count). The second-order valence-electron chi connectivity index (χ2n) is 11.2. The minimum absolute atomic E-state index is 0.0175. The van der Waals surface area contributed by atoms with Crippen molar-refractivity contribution in [2.45, 2.75) is 64.7 Å². The molecule has 1 aliphatic heterocycles. The van der Waals surface area contributed by atoms with Crippen molar-refractivity contribution in [3.05, 3.63) is 47.0 Å². The molecule has 16 heteroatoms. The Morgan fingerprint density at radius 1 is 1.37 bits per heavy atom. The number of benzene rings is 1. The molecule has 6 N–H and O–H groups in total. The number of ether oxygens (including phenoxy) is 2. The van der Waals surface area contributed by atoms with E-state index in [1.807, 2.05) is 20.8 Å². The molecule has 0 radical (unpaired) electrons. The summed E-state index contributed by atoms with van der Waals surface area (Å²) in [6.07, 6.45) is -2.51. The maximum absolute atomic E-state index is 12.7. The summed E-state index contributed by atoms with van der Waals surface area (Å²) in [5.41, 5.74) is 3.08. The Morgan fingerprint density at radius 3 is 2.71 bits per heavy atom. The summed E-state index contributed by atoms with van der Waals surface area (Å²) in [5, 5.41) is 25.2. The van der Waals surface area contributed by atoms with Crippen LogP contribution in [0.25, 0.3) is 11.2 Å². The van der Waals surface area contributed by atoms with Crippen LogP contribution in [0.5, 0.6) is 5.75 Å². The molecule has 3 heterocycles. The molecule has 14 nitrogen and oxygen atoms in total. The van der Waals surface area contributed by atoms with Gasteiger partial charge in [0.2, 0.25) is 5.95 Å². The number of rotatable bonds is 10. The second kappa shape index (κ2) is 11.8. The maximum atomic E-state index is 12.7. The zero-order valence-corrected chi connectivity index (χ0v) is 25.0. The zero-order chi connectivity index (χ0) is 30.2. The van der Waals surface area contributed by atoms with Gasteiger partial charge >= 0.3 is 12.6 Å². The van der Waals surface area contributed by atoms with Gasteiger partial charge in [0, 0.05) is 0 Å². The van der Waals surface area contributed by atoms with Gasteiger partial charge in [0.15, 0.2) is 17.4 Å². The maximum Gasteiger partial charge on any atom is 0.323 e. The van der Waals surface area contributed by atoms with Gasteiger partial charge < -0.3 is 34.5 Å². The van der Waals surface area contributed by atoms with Crippen LogP contribution >= 0.6 is 6.64 Å². The largest absolute Gasteiger partial charge is 0.464 e. The summed E-state index contributed by atoms with van der Waals surface area (Å²) < 4.78 is 24.7. The summed E-state index contributed by atoms with van der Waals surface area (Å²) in [4.78, 5) is 35.4. The van der Waals surface area contributed by atoms with Crippen LogP contribution in [0.4, 0.5) is 5.95 Å². The highest BCUT2D eigenvalue weighted by atomic mass is 32.5. The van der Waals surface area contributed by atoms with Gasteiger partial charge in [-0.2, -0.15) is 4.98 Å². The Kier molecular flexibility index (Phi) is 8.90. The Morgan fingerprint density at radius 2 is 2.05 bits per heavy atom. The molecule has 1 fully saturated rings. The van der Waals surface area contributed by atoms with E-state index in [-0.39, 0.29) is 35.7 Å². The van der Waals surface area contributed by atoms with E-state index in [1.54, 1.807) is 37.3 Å². The van der Waals surface area contributed by atoms with Crippen molar-refractivity contribution in [3.63, 3.8) is 0 Å². The Balaban J connectivity index is 1.53. The number of esters is 1. The lowest BCUT2D eigenvalue weighted by Gasteiger charge is -2.29. The molecule has 0 bridgehead atoms. The number of nitrogens with two attached hydrogens (primary N) is 1. The number of carbonyl (C=O) groups excluding carboxylic acids is 1. The number of para-hydroxylation sites is 1. The smallest absolute Gasteiger partial charge is 0.323 e. The predicted molar refractivity (Wildman–Crippen MR) is 153 cm³/mol. The van der Waals surface area contributed by atoms with Gasteiger partial charge in [0.1, 0.15) is 29.6 Å². The molecule has 224 valence electrons. The van der Waals surface area contributed by atoms with E-state index in [4.69, 9.17) is 36.1 Å². The number of hydrogen-bond donors (Lipinski definition) is 5. The Labute approximate surface area is 241 Å². The number of anilines is 1. The van der Waals surface area contributed by atoms with E-state index in [9.17, 15) is 19.8 Å².